The van der Waals surface area contributed by atoms with Gasteiger partial charge in [0.25, 0.3) is 0 Å². The zero-order valence-electron chi connectivity index (χ0n) is 15.3. The maximum absolute atomic E-state index is 5.55. The number of aromatic nitrogens is 1. The molecule has 1 aromatic carbocycles. The Labute approximate surface area is 171 Å². The van der Waals surface area contributed by atoms with Crippen molar-refractivity contribution in [1.29, 1.82) is 0 Å². The highest BCUT2D eigenvalue weighted by atomic mass is 127. The summed E-state index contributed by atoms with van der Waals surface area (Å²) in [5.41, 5.74) is 3.50. The fraction of sp³-hybridized carbons (Fsp3) is 0.444. The van der Waals surface area contributed by atoms with Crippen LogP contribution in [0, 0.1) is 6.92 Å². The van der Waals surface area contributed by atoms with Crippen molar-refractivity contribution in [3.05, 3.63) is 51.5 Å². The third kappa shape index (κ3) is 6.91. The molecule has 1 heterocycles. The van der Waals surface area contributed by atoms with Gasteiger partial charge in [0.15, 0.2) is 5.96 Å². The fourth-order valence-corrected chi connectivity index (χ4v) is 3.04. The van der Waals surface area contributed by atoms with Gasteiger partial charge < -0.3 is 15.0 Å². The lowest BCUT2D eigenvalue weighted by Gasteiger charge is -2.22. The van der Waals surface area contributed by atoms with Gasteiger partial charge in [-0.15, -0.1) is 35.3 Å². The molecule has 0 atom stereocenters. The average molecular weight is 474 g/mol. The predicted octanol–water partition coefficient (Wildman–Crippen LogP) is 3.81. The average Bonchev–Trinajstić information content (AvgIpc) is 2.99. The molecule has 2 aromatic rings. The quantitative estimate of drug-likeness (QED) is 0.377. The van der Waals surface area contributed by atoms with Crippen molar-refractivity contribution in [2.24, 2.45) is 4.99 Å². The molecule has 138 valence electrons. The minimum Gasteiger partial charge on any atom is -0.377 e. The number of ether oxygens (including phenoxy) is 1. The first-order valence-corrected chi connectivity index (χ1v) is 8.99. The minimum atomic E-state index is 0. The Morgan fingerprint density at radius 1 is 1.32 bits per heavy atom. The van der Waals surface area contributed by atoms with Crippen LogP contribution < -0.4 is 5.32 Å². The first kappa shape index (κ1) is 21.9. The molecule has 0 spiro atoms. The van der Waals surface area contributed by atoms with Gasteiger partial charge in [0.2, 0.25) is 0 Å². The summed E-state index contributed by atoms with van der Waals surface area (Å²) in [7, 11) is 3.83. The molecule has 0 radical (unpaired) electrons. The number of rotatable bonds is 7. The third-order valence-electron chi connectivity index (χ3n) is 3.66. The summed E-state index contributed by atoms with van der Waals surface area (Å²) in [4.78, 5) is 11.0. The number of aliphatic imine (C=N–C) groups is 1. The lowest BCUT2D eigenvalue weighted by atomic mass is 10.1. The van der Waals surface area contributed by atoms with Gasteiger partial charge in [0.05, 0.1) is 23.9 Å². The second kappa shape index (κ2) is 11.4. The van der Waals surface area contributed by atoms with Crippen molar-refractivity contribution in [1.82, 2.24) is 15.2 Å². The van der Waals surface area contributed by atoms with Crippen molar-refractivity contribution in [3.63, 3.8) is 0 Å². The Balaban J connectivity index is 0.00000312. The van der Waals surface area contributed by atoms with E-state index in [0.29, 0.717) is 6.61 Å². The standard InChI is InChI=1S/C18H26N4OS.HI/c1-5-23-12-16-9-7-6-8-15(16)10-20-18(19-3)22(4)11-17-13-24-14(2)21-17;/h6-9,13H,5,10-12H2,1-4H3,(H,19,20);1H. The maximum Gasteiger partial charge on any atom is 0.194 e. The van der Waals surface area contributed by atoms with Gasteiger partial charge in [-0.05, 0) is 25.0 Å². The van der Waals surface area contributed by atoms with E-state index >= 15 is 0 Å². The number of hydrogen-bond acceptors (Lipinski definition) is 4. The number of aryl methyl sites for hydroxylation is 1. The van der Waals surface area contributed by atoms with Gasteiger partial charge in [-0.1, -0.05) is 24.3 Å². The number of halogens is 1. The summed E-state index contributed by atoms with van der Waals surface area (Å²) in [5.74, 6) is 0.854. The van der Waals surface area contributed by atoms with Gasteiger partial charge in [0, 0.05) is 32.6 Å². The first-order chi connectivity index (χ1) is 11.6. The van der Waals surface area contributed by atoms with Crippen LogP contribution in [-0.2, 0) is 24.4 Å². The summed E-state index contributed by atoms with van der Waals surface area (Å²) in [6.07, 6.45) is 0. The number of nitrogens with one attached hydrogen (secondary N) is 1. The molecule has 7 heteroatoms. The number of nitrogens with zero attached hydrogens (tertiary/aromatic N) is 3. The minimum absolute atomic E-state index is 0. The van der Waals surface area contributed by atoms with E-state index in [0.717, 1.165) is 36.4 Å². The van der Waals surface area contributed by atoms with Gasteiger partial charge in [-0.2, -0.15) is 0 Å². The second-order valence-corrected chi connectivity index (χ2v) is 6.58. The topological polar surface area (TPSA) is 49.8 Å². The van der Waals surface area contributed by atoms with Gasteiger partial charge in [0.1, 0.15) is 0 Å². The SMILES string of the molecule is CCOCc1ccccc1CNC(=NC)N(C)Cc1csc(C)n1.I. The van der Waals surface area contributed by atoms with Gasteiger partial charge in [-0.25, -0.2) is 4.98 Å². The largest absolute Gasteiger partial charge is 0.377 e. The molecule has 0 amide bonds. The van der Waals surface area contributed by atoms with E-state index in [2.05, 4.69) is 43.8 Å². The van der Waals surface area contributed by atoms with Crippen LogP contribution in [0.3, 0.4) is 0 Å². The fourth-order valence-electron chi connectivity index (χ4n) is 2.44. The van der Waals surface area contributed by atoms with Crippen molar-refractivity contribution in [2.45, 2.75) is 33.5 Å². The molecule has 0 fully saturated rings. The zero-order valence-corrected chi connectivity index (χ0v) is 18.4. The van der Waals surface area contributed by atoms with Crippen LogP contribution in [0.5, 0.6) is 0 Å². The van der Waals surface area contributed by atoms with Crippen molar-refractivity contribution in [2.75, 3.05) is 20.7 Å². The Morgan fingerprint density at radius 3 is 2.64 bits per heavy atom. The number of thiazole rings is 1. The van der Waals surface area contributed by atoms with Gasteiger partial charge in [-0.3, -0.25) is 4.99 Å². The molecular weight excluding hydrogens is 447 g/mol. The van der Waals surface area contributed by atoms with Gasteiger partial charge >= 0.3 is 0 Å². The number of guanidine groups is 1. The van der Waals surface area contributed by atoms with Crippen LogP contribution in [-0.4, -0.2) is 36.5 Å². The van der Waals surface area contributed by atoms with Crippen LogP contribution in [0.15, 0.2) is 34.6 Å². The predicted molar refractivity (Wildman–Crippen MR) is 116 cm³/mol. The molecule has 5 nitrogen and oxygen atoms in total. The van der Waals surface area contributed by atoms with E-state index in [-0.39, 0.29) is 24.0 Å². The summed E-state index contributed by atoms with van der Waals surface area (Å²) >= 11 is 1.67. The highest BCUT2D eigenvalue weighted by Gasteiger charge is 2.09. The molecule has 1 aromatic heterocycles. The molecule has 0 bridgehead atoms. The Morgan fingerprint density at radius 2 is 2.04 bits per heavy atom. The highest BCUT2D eigenvalue weighted by Crippen LogP contribution is 2.12. The smallest absolute Gasteiger partial charge is 0.194 e. The van der Waals surface area contributed by atoms with Crippen molar-refractivity contribution < 1.29 is 4.74 Å². The first-order valence-electron chi connectivity index (χ1n) is 8.11. The molecule has 0 aliphatic rings. The molecule has 2 rings (SSSR count). The molecule has 1 N–H and O–H groups in total. The Kier molecular flexibility index (Phi) is 9.99. The Hall–Kier alpha value is -1.19. The van der Waals surface area contributed by atoms with E-state index in [9.17, 15) is 0 Å². The molecule has 0 aliphatic heterocycles. The molecule has 0 aliphatic carbocycles. The van der Waals surface area contributed by atoms with Crippen LogP contribution in [0.2, 0.25) is 0 Å². The van der Waals surface area contributed by atoms with E-state index in [1.165, 1.54) is 11.1 Å². The molecule has 0 unspecified atom stereocenters. The van der Waals surface area contributed by atoms with Crippen molar-refractivity contribution >= 4 is 41.3 Å². The van der Waals surface area contributed by atoms with E-state index < -0.39 is 0 Å². The van der Waals surface area contributed by atoms with E-state index in [4.69, 9.17) is 4.74 Å². The number of hydrogen-bond donors (Lipinski definition) is 1. The highest BCUT2D eigenvalue weighted by molar-refractivity contribution is 14.0. The molecular formula is C18H27IN4OS. The van der Waals surface area contributed by atoms with Crippen LogP contribution >= 0.6 is 35.3 Å². The second-order valence-electron chi connectivity index (χ2n) is 5.52. The monoisotopic (exact) mass is 474 g/mol. The summed E-state index contributed by atoms with van der Waals surface area (Å²) < 4.78 is 5.55. The molecule has 0 saturated heterocycles. The Bertz CT molecular complexity index is 675. The van der Waals surface area contributed by atoms with E-state index in [1.807, 2.05) is 27.0 Å². The summed E-state index contributed by atoms with van der Waals surface area (Å²) in [5, 5.41) is 6.61. The van der Waals surface area contributed by atoms with Crippen LogP contribution in [0.4, 0.5) is 0 Å². The van der Waals surface area contributed by atoms with Crippen LogP contribution in [0.1, 0.15) is 28.8 Å². The van der Waals surface area contributed by atoms with Crippen LogP contribution in [0.25, 0.3) is 0 Å². The van der Waals surface area contributed by atoms with E-state index in [1.54, 1.807) is 18.4 Å². The lowest BCUT2D eigenvalue weighted by Crippen LogP contribution is -2.38. The van der Waals surface area contributed by atoms with Crippen molar-refractivity contribution in [3.8, 4) is 0 Å². The maximum atomic E-state index is 5.55. The lowest BCUT2D eigenvalue weighted by molar-refractivity contribution is 0.133. The summed E-state index contributed by atoms with van der Waals surface area (Å²) in [6.45, 7) is 6.86. The third-order valence-corrected chi connectivity index (χ3v) is 4.48. The number of benzene rings is 1. The molecule has 0 saturated carbocycles. The zero-order chi connectivity index (χ0) is 17.4. The summed E-state index contributed by atoms with van der Waals surface area (Å²) in [6, 6.07) is 8.33. The molecule has 25 heavy (non-hydrogen) atoms. The normalized spacial score (nSPS) is 11.1.